The van der Waals surface area contributed by atoms with Crippen molar-refractivity contribution in [2.24, 2.45) is 0 Å². The van der Waals surface area contributed by atoms with Gasteiger partial charge in [-0.3, -0.25) is 4.98 Å². The number of nitrogens with zero attached hydrogens (tertiary/aromatic N) is 2. The number of aryl methyl sites for hydroxylation is 1. The molecule has 0 N–H and O–H groups in total. The van der Waals surface area contributed by atoms with Crippen molar-refractivity contribution >= 4 is 20.9 Å². The first-order valence-corrected chi connectivity index (χ1v) is 9.81. The van der Waals surface area contributed by atoms with E-state index in [0.29, 0.717) is 11.9 Å². The van der Waals surface area contributed by atoms with E-state index in [0.717, 1.165) is 22.3 Å². The Morgan fingerprint density at radius 3 is 2.50 bits per heavy atom. The molecule has 2 aromatic carbocycles. The summed E-state index contributed by atoms with van der Waals surface area (Å²) in [6, 6.07) is 22.2. The Kier molecular flexibility index (Phi) is 4.09. The van der Waals surface area contributed by atoms with Gasteiger partial charge in [-0.15, -0.1) is 0 Å². The third-order valence-electron chi connectivity index (χ3n) is 4.35. The number of rotatable bonds is 4. The van der Waals surface area contributed by atoms with Gasteiger partial charge in [-0.2, -0.15) is 0 Å². The van der Waals surface area contributed by atoms with Crippen LogP contribution >= 0.6 is 0 Å². The lowest BCUT2D eigenvalue weighted by Crippen LogP contribution is -2.11. The molecule has 0 radical (unpaired) electrons. The van der Waals surface area contributed by atoms with Crippen molar-refractivity contribution in [3.63, 3.8) is 0 Å². The van der Waals surface area contributed by atoms with Gasteiger partial charge in [0.1, 0.15) is 0 Å². The van der Waals surface area contributed by atoms with E-state index in [4.69, 9.17) is 0 Å². The van der Waals surface area contributed by atoms with Crippen molar-refractivity contribution in [1.82, 2.24) is 8.96 Å². The molecule has 0 saturated carbocycles. The van der Waals surface area contributed by atoms with Gasteiger partial charge >= 0.3 is 0 Å². The van der Waals surface area contributed by atoms with Crippen LogP contribution < -0.4 is 0 Å². The molecule has 2 aromatic heterocycles. The van der Waals surface area contributed by atoms with Crippen LogP contribution in [0.15, 0.2) is 83.9 Å². The molecule has 4 rings (SSSR count). The van der Waals surface area contributed by atoms with Gasteiger partial charge in [-0.05, 0) is 48.9 Å². The minimum Gasteiger partial charge on any atom is -0.258 e. The number of fused-ring (bicyclic) bond motifs is 1. The Hall–Kier alpha value is -2.92. The highest BCUT2D eigenvalue weighted by molar-refractivity contribution is 7.90. The topological polar surface area (TPSA) is 52.0 Å². The summed E-state index contributed by atoms with van der Waals surface area (Å²) in [7, 11) is -3.62. The monoisotopic (exact) mass is 362 g/mol. The van der Waals surface area contributed by atoms with Gasteiger partial charge in [-0.25, -0.2) is 12.4 Å². The van der Waals surface area contributed by atoms with E-state index in [9.17, 15) is 8.42 Å². The minimum absolute atomic E-state index is 0.281. The Morgan fingerprint density at radius 2 is 1.73 bits per heavy atom. The zero-order chi connectivity index (χ0) is 18.1. The van der Waals surface area contributed by atoms with Crippen molar-refractivity contribution in [3.05, 3.63) is 95.9 Å². The third kappa shape index (κ3) is 3.02. The second-order valence-electron chi connectivity index (χ2n) is 6.27. The van der Waals surface area contributed by atoms with Crippen LogP contribution in [0.4, 0.5) is 0 Å². The molecule has 4 nitrogen and oxygen atoms in total. The van der Waals surface area contributed by atoms with Gasteiger partial charge in [0.25, 0.3) is 10.0 Å². The van der Waals surface area contributed by atoms with Crippen molar-refractivity contribution < 1.29 is 8.42 Å². The SMILES string of the molecule is Cc1cccc(Cc2ccc3ccn(S(=O)(=O)c4ccccc4)c3c2)n1. The molecular weight excluding hydrogens is 344 g/mol. The first-order valence-electron chi connectivity index (χ1n) is 8.37. The van der Waals surface area contributed by atoms with Gasteiger partial charge in [0.2, 0.25) is 0 Å². The molecular formula is C21H18N2O2S. The van der Waals surface area contributed by atoms with Crippen LogP contribution in [-0.4, -0.2) is 17.4 Å². The van der Waals surface area contributed by atoms with Crippen molar-refractivity contribution in [3.8, 4) is 0 Å². The summed E-state index contributed by atoms with van der Waals surface area (Å²) in [5.41, 5.74) is 3.64. The summed E-state index contributed by atoms with van der Waals surface area (Å²) in [5.74, 6) is 0. The molecule has 0 amide bonds. The summed E-state index contributed by atoms with van der Waals surface area (Å²) in [6.45, 7) is 1.96. The second-order valence-corrected chi connectivity index (χ2v) is 8.08. The molecule has 26 heavy (non-hydrogen) atoms. The van der Waals surface area contributed by atoms with E-state index >= 15 is 0 Å². The molecule has 2 heterocycles. The Balaban J connectivity index is 1.78. The quantitative estimate of drug-likeness (QED) is 0.547. The first-order chi connectivity index (χ1) is 12.5. The fraction of sp³-hybridized carbons (Fsp3) is 0.0952. The fourth-order valence-electron chi connectivity index (χ4n) is 3.08. The molecule has 0 aliphatic carbocycles. The Bertz CT molecular complexity index is 1180. The maximum atomic E-state index is 13.0. The van der Waals surface area contributed by atoms with Crippen LogP contribution in [0.2, 0.25) is 0 Å². The van der Waals surface area contributed by atoms with E-state index in [1.807, 2.05) is 49.4 Å². The summed E-state index contributed by atoms with van der Waals surface area (Å²) in [4.78, 5) is 4.81. The maximum Gasteiger partial charge on any atom is 0.268 e. The first kappa shape index (κ1) is 16.5. The highest BCUT2D eigenvalue weighted by atomic mass is 32.2. The molecule has 5 heteroatoms. The highest BCUT2D eigenvalue weighted by Crippen LogP contribution is 2.24. The molecule has 0 aliphatic rings. The molecule has 4 aromatic rings. The molecule has 0 unspecified atom stereocenters. The van der Waals surface area contributed by atoms with E-state index in [2.05, 4.69) is 4.98 Å². The predicted octanol–water partition coefficient (Wildman–Crippen LogP) is 4.17. The maximum absolute atomic E-state index is 13.0. The van der Waals surface area contributed by atoms with E-state index in [1.54, 1.807) is 36.5 Å². The van der Waals surface area contributed by atoms with E-state index in [1.165, 1.54) is 3.97 Å². The number of hydrogen-bond donors (Lipinski definition) is 0. The Labute approximate surface area is 152 Å². The smallest absolute Gasteiger partial charge is 0.258 e. The van der Waals surface area contributed by atoms with Crippen molar-refractivity contribution in [2.75, 3.05) is 0 Å². The molecule has 0 bridgehead atoms. The van der Waals surface area contributed by atoms with Gasteiger partial charge in [0.15, 0.2) is 0 Å². The normalized spacial score (nSPS) is 11.7. The number of aromatic nitrogens is 2. The minimum atomic E-state index is -3.62. The number of benzene rings is 2. The van der Waals surface area contributed by atoms with Gasteiger partial charge in [0, 0.05) is 29.4 Å². The zero-order valence-electron chi connectivity index (χ0n) is 14.3. The molecule has 130 valence electrons. The predicted molar refractivity (Wildman–Crippen MR) is 103 cm³/mol. The summed E-state index contributed by atoms with van der Waals surface area (Å²) >= 11 is 0. The lowest BCUT2D eigenvalue weighted by atomic mass is 10.1. The van der Waals surface area contributed by atoms with Crippen molar-refractivity contribution in [2.45, 2.75) is 18.2 Å². The standard InChI is InChI=1S/C21H18N2O2S/c1-16-6-5-7-19(22-16)14-17-10-11-18-12-13-23(21(18)15-17)26(24,25)20-8-3-2-4-9-20/h2-13,15H,14H2,1H3. The van der Waals surface area contributed by atoms with Crippen molar-refractivity contribution in [1.29, 1.82) is 0 Å². The van der Waals surface area contributed by atoms with Crippen LogP contribution in [-0.2, 0) is 16.4 Å². The van der Waals surface area contributed by atoms with Crippen LogP contribution in [0.25, 0.3) is 10.9 Å². The largest absolute Gasteiger partial charge is 0.268 e. The second kappa shape index (κ2) is 6.42. The highest BCUT2D eigenvalue weighted by Gasteiger charge is 2.18. The van der Waals surface area contributed by atoms with Gasteiger partial charge in [-0.1, -0.05) is 36.4 Å². The molecule has 0 aliphatic heterocycles. The molecule has 0 spiro atoms. The van der Waals surface area contributed by atoms with Crippen LogP contribution in [0.3, 0.4) is 0 Å². The van der Waals surface area contributed by atoms with E-state index in [-0.39, 0.29) is 4.90 Å². The summed E-state index contributed by atoms with van der Waals surface area (Å²) < 4.78 is 27.3. The zero-order valence-corrected chi connectivity index (χ0v) is 15.1. The number of pyridine rings is 1. The average molecular weight is 362 g/mol. The van der Waals surface area contributed by atoms with Crippen LogP contribution in [0, 0.1) is 6.92 Å². The third-order valence-corrected chi connectivity index (χ3v) is 6.06. The molecule has 0 atom stereocenters. The fourth-order valence-corrected chi connectivity index (χ4v) is 4.45. The lowest BCUT2D eigenvalue weighted by Gasteiger charge is -2.09. The summed E-state index contributed by atoms with van der Waals surface area (Å²) in [5, 5.41) is 0.894. The molecule has 0 fully saturated rings. The number of hydrogen-bond acceptors (Lipinski definition) is 3. The summed E-state index contributed by atoms with van der Waals surface area (Å²) in [6.07, 6.45) is 2.27. The van der Waals surface area contributed by atoms with Crippen LogP contribution in [0.1, 0.15) is 17.0 Å². The lowest BCUT2D eigenvalue weighted by molar-refractivity contribution is 0.589. The van der Waals surface area contributed by atoms with Crippen LogP contribution in [0.5, 0.6) is 0 Å². The average Bonchev–Trinajstić information content (AvgIpc) is 3.06. The van der Waals surface area contributed by atoms with Gasteiger partial charge in [0.05, 0.1) is 10.4 Å². The molecule has 0 saturated heterocycles. The Morgan fingerprint density at radius 1 is 0.923 bits per heavy atom. The van der Waals surface area contributed by atoms with E-state index < -0.39 is 10.0 Å². The van der Waals surface area contributed by atoms with Gasteiger partial charge < -0.3 is 0 Å².